The zero-order chi connectivity index (χ0) is 26.1. The van der Waals surface area contributed by atoms with Crippen molar-refractivity contribution in [2.75, 3.05) is 11.9 Å². The Bertz CT molecular complexity index is 1490. The van der Waals surface area contributed by atoms with Gasteiger partial charge in [-0.25, -0.2) is 9.78 Å². The molecule has 1 aliphatic carbocycles. The Hall–Kier alpha value is -3.51. The molecule has 0 radical (unpaired) electrons. The van der Waals surface area contributed by atoms with E-state index in [-0.39, 0.29) is 11.9 Å². The zero-order valence-corrected chi connectivity index (χ0v) is 22.6. The predicted octanol–water partition coefficient (Wildman–Crippen LogP) is 7.52. The van der Waals surface area contributed by atoms with E-state index in [1.165, 1.54) is 21.8 Å². The third-order valence-corrected chi connectivity index (χ3v) is 8.24. The molecule has 190 valence electrons. The minimum Gasteiger partial charge on any atom is -0.462 e. The molecule has 37 heavy (non-hydrogen) atoms. The van der Waals surface area contributed by atoms with E-state index in [1.807, 2.05) is 57.2 Å². The molecule has 0 spiro atoms. The standard InChI is InChI=1S/C31H32N2O3S/c1-5-16-36-31(35)27-23-15-12-19(3)17-25(23)37-30(27)33-29(34)26-20(4)28(21-13-10-18(2)11-14-21)32-24-9-7-6-8-22(24)26/h6-11,13-14,19H,5,12,15-17H2,1-4H3,(H,33,34). The van der Waals surface area contributed by atoms with Crippen molar-refractivity contribution >= 4 is 39.1 Å². The molecule has 1 N–H and O–H groups in total. The second-order valence-electron chi connectivity index (χ2n) is 9.99. The van der Waals surface area contributed by atoms with Crippen molar-refractivity contribution < 1.29 is 14.3 Å². The summed E-state index contributed by atoms with van der Waals surface area (Å²) in [4.78, 5) is 33.2. The van der Waals surface area contributed by atoms with Crippen molar-refractivity contribution in [1.29, 1.82) is 0 Å². The molecule has 6 heteroatoms. The first-order chi connectivity index (χ1) is 17.9. The zero-order valence-electron chi connectivity index (χ0n) is 21.8. The van der Waals surface area contributed by atoms with E-state index >= 15 is 0 Å². The quantitative estimate of drug-likeness (QED) is 0.271. The summed E-state index contributed by atoms with van der Waals surface area (Å²) in [6.45, 7) is 8.56. The number of rotatable bonds is 6. The molecule has 2 aromatic heterocycles. The van der Waals surface area contributed by atoms with Crippen LogP contribution in [-0.2, 0) is 17.6 Å². The number of benzene rings is 2. The fraction of sp³-hybridized carbons (Fsp3) is 0.323. The number of ether oxygens (including phenoxy) is 1. The number of para-hydroxylation sites is 1. The number of hydrogen-bond donors (Lipinski definition) is 1. The van der Waals surface area contributed by atoms with Crippen LogP contribution in [0.3, 0.4) is 0 Å². The van der Waals surface area contributed by atoms with Gasteiger partial charge in [0, 0.05) is 15.8 Å². The van der Waals surface area contributed by atoms with Gasteiger partial charge in [0.25, 0.3) is 5.91 Å². The molecule has 4 aromatic rings. The van der Waals surface area contributed by atoms with Crippen LogP contribution >= 0.6 is 11.3 Å². The molecule has 0 bridgehead atoms. The van der Waals surface area contributed by atoms with Crippen LogP contribution in [0, 0.1) is 19.8 Å². The number of thiophene rings is 1. The average molecular weight is 513 g/mol. The first-order valence-corrected chi connectivity index (χ1v) is 13.8. The third kappa shape index (κ3) is 4.90. The van der Waals surface area contributed by atoms with E-state index in [9.17, 15) is 9.59 Å². The number of amides is 1. The largest absolute Gasteiger partial charge is 0.462 e. The van der Waals surface area contributed by atoms with Crippen LogP contribution in [0.1, 0.15) is 69.0 Å². The lowest BCUT2D eigenvalue weighted by Crippen LogP contribution is -2.18. The van der Waals surface area contributed by atoms with Crippen molar-refractivity contribution in [1.82, 2.24) is 4.98 Å². The summed E-state index contributed by atoms with van der Waals surface area (Å²) >= 11 is 1.52. The number of carbonyl (C=O) groups excluding carboxylic acids is 2. The highest BCUT2D eigenvalue weighted by atomic mass is 32.1. The monoisotopic (exact) mass is 512 g/mol. The van der Waals surface area contributed by atoms with Crippen LogP contribution in [0.4, 0.5) is 5.00 Å². The maximum atomic E-state index is 14.0. The van der Waals surface area contributed by atoms with Gasteiger partial charge in [0.1, 0.15) is 5.00 Å². The number of esters is 1. The molecule has 0 saturated heterocycles. The van der Waals surface area contributed by atoms with Gasteiger partial charge >= 0.3 is 5.97 Å². The van der Waals surface area contributed by atoms with Gasteiger partial charge < -0.3 is 10.1 Å². The Morgan fingerprint density at radius 3 is 2.59 bits per heavy atom. The molecule has 5 rings (SSSR count). The summed E-state index contributed by atoms with van der Waals surface area (Å²) < 4.78 is 5.54. The molecule has 1 amide bonds. The van der Waals surface area contributed by atoms with Crippen molar-refractivity contribution in [3.63, 3.8) is 0 Å². The smallest absolute Gasteiger partial charge is 0.341 e. The molecule has 0 fully saturated rings. The summed E-state index contributed by atoms with van der Waals surface area (Å²) in [5.74, 6) is -0.0285. The lowest BCUT2D eigenvalue weighted by Gasteiger charge is -2.18. The molecular weight excluding hydrogens is 480 g/mol. The lowest BCUT2D eigenvalue weighted by atomic mass is 9.88. The molecule has 0 aliphatic heterocycles. The van der Waals surface area contributed by atoms with Crippen LogP contribution in [0.15, 0.2) is 48.5 Å². The fourth-order valence-corrected chi connectivity index (χ4v) is 6.47. The summed E-state index contributed by atoms with van der Waals surface area (Å²) in [6.07, 6.45) is 3.52. The number of carbonyl (C=O) groups is 2. The minimum atomic E-state index is -0.346. The maximum Gasteiger partial charge on any atom is 0.341 e. The molecule has 1 aliphatic rings. The minimum absolute atomic E-state index is 0.236. The van der Waals surface area contributed by atoms with Crippen LogP contribution in [0.5, 0.6) is 0 Å². The van der Waals surface area contributed by atoms with Gasteiger partial charge in [0.05, 0.1) is 28.9 Å². The number of pyridine rings is 1. The first-order valence-electron chi connectivity index (χ1n) is 13.0. The molecule has 2 heterocycles. The molecular formula is C31H32N2O3S. The summed E-state index contributed by atoms with van der Waals surface area (Å²) in [5.41, 5.74) is 6.63. The van der Waals surface area contributed by atoms with Crippen LogP contribution < -0.4 is 5.32 Å². The number of aromatic nitrogens is 1. The van der Waals surface area contributed by atoms with Gasteiger partial charge in [-0.2, -0.15) is 0 Å². The van der Waals surface area contributed by atoms with E-state index in [1.54, 1.807) is 0 Å². The summed E-state index contributed by atoms with van der Waals surface area (Å²) in [6, 6.07) is 15.9. The van der Waals surface area contributed by atoms with E-state index in [0.717, 1.165) is 59.0 Å². The Balaban J connectivity index is 1.60. The Kier molecular flexibility index (Phi) is 7.11. The first kappa shape index (κ1) is 25.2. The average Bonchev–Trinajstić information content (AvgIpc) is 3.24. The van der Waals surface area contributed by atoms with E-state index in [4.69, 9.17) is 9.72 Å². The highest BCUT2D eigenvalue weighted by molar-refractivity contribution is 7.17. The van der Waals surface area contributed by atoms with Crippen LogP contribution in [0.25, 0.3) is 22.2 Å². The Labute approximate surface area is 221 Å². The SMILES string of the molecule is CCCOC(=O)c1c(NC(=O)c2c(C)c(-c3ccc(C)cc3)nc3ccccc23)sc2c1CCC(C)C2. The number of nitrogens with zero attached hydrogens (tertiary/aromatic N) is 1. The van der Waals surface area contributed by atoms with Gasteiger partial charge in [-0.05, 0) is 62.6 Å². The van der Waals surface area contributed by atoms with Crippen molar-refractivity contribution in [3.05, 3.63) is 81.2 Å². The number of fused-ring (bicyclic) bond motifs is 2. The molecule has 1 unspecified atom stereocenters. The normalized spacial score (nSPS) is 14.9. The van der Waals surface area contributed by atoms with Gasteiger partial charge in [-0.1, -0.05) is 61.9 Å². The predicted molar refractivity (Wildman–Crippen MR) is 151 cm³/mol. The number of anilines is 1. The summed E-state index contributed by atoms with van der Waals surface area (Å²) in [5, 5.41) is 4.50. The molecule has 1 atom stereocenters. The van der Waals surface area contributed by atoms with E-state index in [0.29, 0.717) is 28.7 Å². The number of aryl methyl sites for hydroxylation is 1. The highest BCUT2D eigenvalue weighted by Crippen LogP contribution is 2.41. The highest BCUT2D eigenvalue weighted by Gasteiger charge is 2.30. The maximum absolute atomic E-state index is 14.0. The second kappa shape index (κ2) is 10.5. The van der Waals surface area contributed by atoms with Gasteiger partial charge in [0.15, 0.2) is 0 Å². The van der Waals surface area contributed by atoms with Gasteiger partial charge in [0.2, 0.25) is 0 Å². The Morgan fingerprint density at radius 1 is 1.08 bits per heavy atom. The molecule has 0 saturated carbocycles. The van der Waals surface area contributed by atoms with Gasteiger partial charge in [-0.3, -0.25) is 4.79 Å². The third-order valence-electron chi connectivity index (χ3n) is 7.07. The van der Waals surface area contributed by atoms with Crippen LogP contribution in [-0.4, -0.2) is 23.5 Å². The lowest BCUT2D eigenvalue weighted by molar-refractivity contribution is 0.0505. The fourth-order valence-electron chi connectivity index (χ4n) is 5.08. The molecule has 2 aromatic carbocycles. The van der Waals surface area contributed by atoms with Crippen molar-refractivity contribution in [2.24, 2.45) is 5.92 Å². The van der Waals surface area contributed by atoms with Crippen LogP contribution in [0.2, 0.25) is 0 Å². The van der Waals surface area contributed by atoms with Crippen molar-refractivity contribution in [2.45, 2.75) is 53.4 Å². The topological polar surface area (TPSA) is 68.3 Å². The van der Waals surface area contributed by atoms with E-state index in [2.05, 4.69) is 24.4 Å². The Morgan fingerprint density at radius 2 is 1.84 bits per heavy atom. The van der Waals surface area contributed by atoms with E-state index < -0.39 is 0 Å². The van der Waals surface area contributed by atoms with Crippen molar-refractivity contribution in [3.8, 4) is 11.3 Å². The molecule has 5 nitrogen and oxygen atoms in total. The second-order valence-corrected chi connectivity index (χ2v) is 11.1. The van der Waals surface area contributed by atoms with Gasteiger partial charge in [-0.15, -0.1) is 11.3 Å². The summed E-state index contributed by atoms with van der Waals surface area (Å²) in [7, 11) is 0. The number of nitrogens with one attached hydrogen (secondary N) is 1. The number of hydrogen-bond acceptors (Lipinski definition) is 5.